The molecule has 1 atom stereocenters. The molecule has 0 saturated carbocycles. The molecular weight excluding hydrogens is 383 g/mol. The van der Waals surface area contributed by atoms with E-state index in [2.05, 4.69) is 32.8 Å². The van der Waals surface area contributed by atoms with Crippen LogP contribution in [0.5, 0.6) is 5.75 Å². The molecule has 0 spiro atoms. The number of morpholine rings is 1. The molecule has 0 aromatic heterocycles. The number of amides is 1. The van der Waals surface area contributed by atoms with Crippen LogP contribution < -0.4 is 10.1 Å². The number of ether oxygens (including phenoxy) is 2. The van der Waals surface area contributed by atoms with Crippen LogP contribution in [-0.2, 0) is 9.53 Å². The summed E-state index contributed by atoms with van der Waals surface area (Å²) in [6.45, 7) is 6.32. The Labute approximate surface area is 139 Å². The highest BCUT2D eigenvalue weighted by atomic mass is 127. The summed E-state index contributed by atoms with van der Waals surface area (Å²) < 4.78 is 11.9. The van der Waals surface area contributed by atoms with Crippen molar-refractivity contribution in [2.75, 3.05) is 39.5 Å². The molecule has 21 heavy (non-hydrogen) atoms. The van der Waals surface area contributed by atoms with Crippen LogP contribution in [0.15, 0.2) is 24.3 Å². The minimum Gasteiger partial charge on any atom is -0.484 e. The minimum absolute atomic E-state index is 0.0496. The maximum Gasteiger partial charge on any atom is 0.258 e. The lowest BCUT2D eigenvalue weighted by Gasteiger charge is -2.29. The molecule has 1 N–H and O–H groups in total. The van der Waals surface area contributed by atoms with E-state index < -0.39 is 0 Å². The third kappa shape index (κ3) is 6.19. The predicted molar refractivity (Wildman–Crippen MR) is 89.5 cm³/mol. The Morgan fingerprint density at radius 3 is 2.71 bits per heavy atom. The largest absolute Gasteiger partial charge is 0.484 e. The number of hydrogen-bond acceptors (Lipinski definition) is 4. The Morgan fingerprint density at radius 2 is 2.05 bits per heavy atom. The number of rotatable bonds is 6. The number of hydrogen-bond donors (Lipinski definition) is 1. The molecule has 0 aliphatic carbocycles. The van der Waals surface area contributed by atoms with Crippen LogP contribution in [0.2, 0.25) is 0 Å². The summed E-state index contributed by atoms with van der Waals surface area (Å²) >= 11 is 2.23. The molecule has 6 heteroatoms. The maximum absolute atomic E-state index is 11.9. The Morgan fingerprint density at radius 1 is 1.38 bits per heavy atom. The Hall–Kier alpha value is -0.860. The van der Waals surface area contributed by atoms with Gasteiger partial charge in [0.25, 0.3) is 5.91 Å². The lowest BCUT2D eigenvalue weighted by molar-refractivity contribution is -0.123. The van der Waals surface area contributed by atoms with Crippen molar-refractivity contribution < 1.29 is 14.3 Å². The fraction of sp³-hybridized carbons (Fsp3) is 0.533. The van der Waals surface area contributed by atoms with Gasteiger partial charge in [-0.1, -0.05) is 0 Å². The first-order chi connectivity index (χ1) is 10.1. The van der Waals surface area contributed by atoms with Gasteiger partial charge in [-0.05, 0) is 53.8 Å². The number of halogens is 1. The average molecular weight is 404 g/mol. The first-order valence-corrected chi connectivity index (χ1v) is 8.19. The van der Waals surface area contributed by atoms with Gasteiger partial charge in [-0.25, -0.2) is 0 Å². The SMILES string of the molecule is CC(CN1CCOCC1)NC(=O)COc1ccc(I)cc1. The second-order valence-electron chi connectivity index (χ2n) is 5.12. The second-order valence-corrected chi connectivity index (χ2v) is 6.37. The maximum atomic E-state index is 11.9. The van der Waals surface area contributed by atoms with E-state index in [1.165, 1.54) is 0 Å². The van der Waals surface area contributed by atoms with Gasteiger partial charge in [0.05, 0.1) is 13.2 Å². The van der Waals surface area contributed by atoms with Crippen LogP contribution >= 0.6 is 22.6 Å². The fourth-order valence-electron chi connectivity index (χ4n) is 2.21. The summed E-state index contributed by atoms with van der Waals surface area (Å²) in [4.78, 5) is 14.2. The van der Waals surface area contributed by atoms with Gasteiger partial charge in [0.15, 0.2) is 6.61 Å². The topological polar surface area (TPSA) is 50.8 Å². The van der Waals surface area contributed by atoms with Crippen molar-refractivity contribution in [2.24, 2.45) is 0 Å². The van der Waals surface area contributed by atoms with Crippen molar-refractivity contribution in [3.8, 4) is 5.75 Å². The highest BCUT2D eigenvalue weighted by Crippen LogP contribution is 2.13. The van der Waals surface area contributed by atoms with Crippen LogP contribution in [-0.4, -0.2) is 56.3 Å². The van der Waals surface area contributed by atoms with E-state index in [0.29, 0.717) is 5.75 Å². The molecule has 116 valence electrons. The van der Waals surface area contributed by atoms with Crippen LogP contribution in [0, 0.1) is 3.57 Å². The molecular formula is C15H21IN2O3. The summed E-state index contributed by atoms with van der Waals surface area (Å²) in [6, 6.07) is 7.75. The van der Waals surface area contributed by atoms with E-state index in [1.54, 1.807) is 0 Å². The Kier molecular flexibility index (Phi) is 6.72. The van der Waals surface area contributed by atoms with Crippen LogP contribution in [0.3, 0.4) is 0 Å². The number of carbonyl (C=O) groups is 1. The van der Waals surface area contributed by atoms with E-state index in [-0.39, 0.29) is 18.6 Å². The van der Waals surface area contributed by atoms with Crippen molar-refractivity contribution in [3.05, 3.63) is 27.8 Å². The van der Waals surface area contributed by atoms with Crippen LogP contribution in [0.25, 0.3) is 0 Å². The average Bonchev–Trinajstić information content (AvgIpc) is 2.47. The molecule has 0 radical (unpaired) electrons. The highest BCUT2D eigenvalue weighted by molar-refractivity contribution is 14.1. The number of nitrogens with zero attached hydrogens (tertiary/aromatic N) is 1. The van der Waals surface area contributed by atoms with Gasteiger partial charge in [-0.15, -0.1) is 0 Å². The lowest BCUT2D eigenvalue weighted by atomic mass is 10.3. The van der Waals surface area contributed by atoms with Gasteiger partial charge in [0, 0.05) is 29.2 Å². The van der Waals surface area contributed by atoms with Gasteiger partial charge in [-0.2, -0.15) is 0 Å². The summed E-state index contributed by atoms with van der Waals surface area (Å²) in [5, 5.41) is 2.96. The van der Waals surface area contributed by atoms with Crippen LogP contribution in [0.4, 0.5) is 0 Å². The van der Waals surface area contributed by atoms with Gasteiger partial charge in [-0.3, -0.25) is 9.69 Å². The summed E-state index contributed by atoms with van der Waals surface area (Å²) in [7, 11) is 0. The molecule has 1 aliphatic rings. The van der Waals surface area contributed by atoms with Crippen molar-refractivity contribution in [1.82, 2.24) is 10.2 Å². The Balaban J connectivity index is 1.67. The van der Waals surface area contributed by atoms with E-state index in [1.807, 2.05) is 31.2 Å². The monoisotopic (exact) mass is 404 g/mol. The van der Waals surface area contributed by atoms with Gasteiger partial charge < -0.3 is 14.8 Å². The molecule has 1 saturated heterocycles. The predicted octanol–water partition coefficient (Wildman–Crippen LogP) is 1.51. The van der Waals surface area contributed by atoms with E-state index >= 15 is 0 Å². The molecule has 1 fully saturated rings. The van der Waals surface area contributed by atoms with Gasteiger partial charge >= 0.3 is 0 Å². The number of nitrogens with one attached hydrogen (secondary N) is 1. The zero-order valence-electron chi connectivity index (χ0n) is 12.2. The third-order valence-electron chi connectivity index (χ3n) is 3.23. The smallest absolute Gasteiger partial charge is 0.258 e. The standard InChI is InChI=1S/C15H21IN2O3/c1-12(10-18-6-8-20-9-7-18)17-15(19)11-21-14-4-2-13(16)3-5-14/h2-5,12H,6-11H2,1H3,(H,17,19). The van der Waals surface area contributed by atoms with E-state index in [9.17, 15) is 4.79 Å². The highest BCUT2D eigenvalue weighted by Gasteiger charge is 2.15. The van der Waals surface area contributed by atoms with E-state index in [0.717, 1.165) is 36.4 Å². The molecule has 1 aromatic rings. The minimum atomic E-state index is -0.0886. The molecule has 1 aromatic carbocycles. The zero-order valence-corrected chi connectivity index (χ0v) is 14.3. The zero-order chi connectivity index (χ0) is 15.1. The lowest BCUT2D eigenvalue weighted by Crippen LogP contribution is -2.46. The quantitative estimate of drug-likeness (QED) is 0.731. The van der Waals surface area contributed by atoms with Crippen molar-refractivity contribution in [3.63, 3.8) is 0 Å². The van der Waals surface area contributed by atoms with Crippen LogP contribution in [0.1, 0.15) is 6.92 Å². The Bertz CT molecular complexity index is 447. The summed E-state index contributed by atoms with van der Waals surface area (Å²) in [5.41, 5.74) is 0. The molecule has 2 rings (SSSR count). The van der Waals surface area contributed by atoms with Crippen molar-refractivity contribution in [2.45, 2.75) is 13.0 Å². The number of carbonyl (C=O) groups excluding carboxylic acids is 1. The molecule has 1 aliphatic heterocycles. The number of benzene rings is 1. The fourth-order valence-corrected chi connectivity index (χ4v) is 2.57. The molecule has 5 nitrogen and oxygen atoms in total. The van der Waals surface area contributed by atoms with E-state index in [4.69, 9.17) is 9.47 Å². The summed E-state index contributed by atoms with van der Waals surface area (Å²) in [5.74, 6) is 0.626. The van der Waals surface area contributed by atoms with Crippen molar-refractivity contribution >= 4 is 28.5 Å². The first kappa shape index (κ1) is 16.5. The summed E-state index contributed by atoms with van der Waals surface area (Å²) in [6.07, 6.45) is 0. The first-order valence-electron chi connectivity index (χ1n) is 7.11. The van der Waals surface area contributed by atoms with Gasteiger partial charge in [0.2, 0.25) is 0 Å². The van der Waals surface area contributed by atoms with Gasteiger partial charge in [0.1, 0.15) is 5.75 Å². The normalized spacial score (nSPS) is 17.2. The molecule has 0 bridgehead atoms. The molecule has 1 amide bonds. The second kappa shape index (κ2) is 8.55. The third-order valence-corrected chi connectivity index (χ3v) is 3.95. The molecule has 1 unspecified atom stereocenters. The molecule has 1 heterocycles. The van der Waals surface area contributed by atoms with Crippen molar-refractivity contribution in [1.29, 1.82) is 0 Å².